The number of hydrogen-bond acceptors (Lipinski definition) is 5. The maximum absolute atomic E-state index is 15.4. The van der Waals surface area contributed by atoms with E-state index in [0.29, 0.717) is 17.1 Å². The number of para-hydroxylation sites is 1. The first-order valence-corrected chi connectivity index (χ1v) is 12.2. The van der Waals surface area contributed by atoms with Crippen molar-refractivity contribution < 1.29 is 9.13 Å². The monoisotopic (exact) mass is 478 g/mol. The van der Waals surface area contributed by atoms with Crippen molar-refractivity contribution in [3.05, 3.63) is 59.2 Å². The second kappa shape index (κ2) is 9.50. The van der Waals surface area contributed by atoms with E-state index in [4.69, 9.17) is 26.6 Å². The zero-order chi connectivity index (χ0) is 23.8. The third-order valence-electron chi connectivity index (χ3n) is 6.90. The molecule has 3 aromatic rings. The van der Waals surface area contributed by atoms with Gasteiger partial charge in [0.1, 0.15) is 6.17 Å². The van der Waals surface area contributed by atoms with Gasteiger partial charge in [0, 0.05) is 36.6 Å². The molecule has 176 valence electrons. The molecule has 0 amide bonds. The van der Waals surface area contributed by atoms with Gasteiger partial charge in [0.2, 0.25) is 0 Å². The minimum Gasteiger partial charge on any atom is -0.373 e. The summed E-state index contributed by atoms with van der Waals surface area (Å²) in [6, 6.07) is 15.4. The second-order valence-corrected chi connectivity index (χ2v) is 9.76. The van der Waals surface area contributed by atoms with Crippen LogP contribution >= 0.6 is 11.6 Å². The molecule has 2 aliphatic heterocycles. The van der Waals surface area contributed by atoms with Crippen molar-refractivity contribution >= 4 is 28.2 Å². The van der Waals surface area contributed by atoms with Gasteiger partial charge in [-0.1, -0.05) is 41.9 Å². The molecule has 34 heavy (non-hydrogen) atoms. The molecule has 0 spiro atoms. The molecule has 0 bridgehead atoms. The van der Waals surface area contributed by atoms with Crippen LogP contribution in [0.1, 0.15) is 25.8 Å². The molecular weight excluding hydrogens is 451 g/mol. The quantitative estimate of drug-likeness (QED) is 0.500. The van der Waals surface area contributed by atoms with Crippen LogP contribution in [-0.2, 0) is 4.74 Å². The lowest BCUT2D eigenvalue weighted by molar-refractivity contribution is -0.0910. The normalized spacial score (nSPS) is 25.9. The largest absolute Gasteiger partial charge is 0.373 e. The van der Waals surface area contributed by atoms with Crippen LogP contribution in [0, 0.1) is 11.3 Å². The van der Waals surface area contributed by atoms with Crippen LogP contribution < -0.4 is 4.90 Å². The van der Waals surface area contributed by atoms with E-state index in [1.807, 2.05) is 35.2 Å². The molecule has 4 unspecified atom stereocenters. The maximum Gasteiger partial charge on any atom is 0.133 e. The van der Waals surface area contributed by atoms with Crippen LogP contribution in [0.25, 0.3) is 22.0 Å². The predicted molar refractivity (Wildman–Crippen MR) is 134 cm³/mol. The van der Waals surface area contributed by atoms with E-state index >= 15 is 4.39 Å². The highest BCUT2D eigenvalue weighted by Gasteiger charge is 2.37. The third-order valence-corrected chi connectivity index (χ3v) is 7.30. The smallest absolute Gasteiger partial charge is 0.133 e. The predicted octanol–water partition coefficient (Wildman–Crippen LogP) is 5.45. The Kier molecular flexibility index (Phi) is 6.44. The fourth-order valence-corrected chi connectivity index (χ4v) is 5.69. The average molecular weight is 479 g/mol. The summed E-state index contributed by atoms with van der Waals surface area (Å²) < 4.78 is 21.2. The molecule has 5 nitrogen and oxygen atoms in total. The Labute approximate surface area is 204 Å². The van der Waals surface area contributed by atoms with Gasteiger partial charge in [-0.3, -0.25) is 9.88 Å². The van der Waals surface area contributed by atoms with E-state index in [0.717, 1.165) is 53.8 Å². The number of ether oxygens (including phenoxy) is 1. The minimum atomic E-state index is -0.969. The Morgan fingerprint density at radius 1 is 1.09 bits per heavy atom. The number of hydrogen-bond donors (Lipinski definition) is 0. The molecule has 0 saturated carbocycles. The van der Waals surface area contributed by atoms with E-state index in [1.54, 1.807) is 18.3 Å². The molecule has 2 aliphatic rings. The molecule has 2 saturated heterocycles. The summed E-state index contributed by atoms with van der Waals surface area (Å²) in [4.78, 5) is 9.03. The molecule has 0 aliphatic carbocycles. The number of anilines is 1. The highest BCUT2D eigenvalue weighted by atomic mass is 35.5. The molecule has 0 radical (unpaired) electrons. The Hall–Kier alpha value is -2.72. The van der Waals surface area contributed by atoms with Gasteiger partial charge in [0.05, 0.1) is 52.8 Å². The first-order chi connectivity index (χ1) is 16.4. The number of piperidine rings is 1. The number of alkyl halides is 1. The zero-order valence-corrected chi connectivity index (χ0v) is 20.2. The van der Waals surface area contributed by atoms with Gasteiger partial charge < -0.3 is 9.64 Å². The number of fused-ring (bicyclic) bond motifs is 1. The van der Waals surface area contributed by atoms with Crippen LogP contribution in [0.5, 0.6) is 0 Å². The van der Waals surface area contributed by atoms with Crippen LogP contribution in [0.3, 0.4) is 0 Å². The zero-order valence-electron chi connectivity index (χ0n) is 19.4. The minimum absolute atomic E-state index is 0.0970. The molecule has 2 aromatic carbocycles. The molecule has 2 fully saturated rings. The second-order valence-electron chi connectivity index (χ2n) is 9.38. The highest BCUT2D eigenvalue weighted by Crippen LogP contribution is 2.38. The fourth-order valence-electron chi connectivity index (χ4n) is 5.37. The van der Waals surface area contributed by atoms with E-state index in [1.165, 1.54) is 0 Å². The fraction of sp³-hybridized carbons (Fsp3) is 0.407. The number of rotatable bonds is 3. The van der Waals surface area contributed by atoms with Gasteiger partial charge >= 0.3 is 0 Å². The first kappa shape index (κ1) is 23.0. The van der Waals surface area contributed by atoms with Crippen molar-refractivity contribution in [2.45, 2.75) is 44.7 Å². The molecule has 4 atom stereocenters. The summed E-state index contributed by atoms with van der Waals surface area (Å²) in [6.45, 7) is 6.67. The lowest BCUT2D eigenvalue weighted by Gasteiger charge is -2.45. The van der Waals surface area contributed by atoms with E-state index in [-0.39, 0.29) is 18.2 Å². The summed E-state index contributed by atoms with van der Waals surface area (Å²) in [7, 11) is 0. The van der Waals surface area contributed by atoms with Crippen LogP contribution in [0.4, 0.5) is 10.1 Å². The number of benzene rings is 2. The molecular formula is C27H28ClFN4O. The topological polar surface area (TPSA) is 52.4 Å². The van der Waals surface area contributed by atoms with E-state index in [2.05, 4.69) is 24.8 Å². The summed E-state index contributed by atoms with van der Waals surface area (Å²) in [5.74, 6) is 0. The third kappa shape index (κ3) is 4.36. The Balaban J connectivity index is 1.39. The standard InChI is InChI=1S/C27H28ClFN4O/c1-17-14-33(15-18(2)34-17)24-10-11-32(16-23(24)29)25-13-31-27-21(4-3-5-22(27)26(25)28)20-8-6-19(12-30)7-9-20/h3-9,13,17-18,23-24H,10-11,14-16H2,1-2H3. The van der Waals surface area contributed by atoms with Crippen molar-refractivity contribution in [1.29, 1.82) is 5.26 Å². The Morgan fingerprint density at radius 3 is 2.50 bits per heavy atom. The lowest BCUT2D eigenvalue weighted by Crippen LogP contribution is -2.58. The summed E-state index contributed by atoms with van der Waals surface area (Å²) in [5, 5.41) is 10.5. The lowest BCUT2D eigenvalue weighted by atomic mass is 9.98. The maximum atomic E-state index is 15.4. The van der Waals surface area contributed by atoms with Gasteiger partial charge in [-0.25, -0.2) is 4.39 Å². The van der Waals surface area contributed by atoms with Gasteiger partial charge in [-0.2, -0.15) is 5.26 Å². The van der Waals surface area contributed by atoms with Gasteiger partial charge in [-0.05, 0) is 38.0 Å². The van der Waals surface area contributed by atoms with Gasteiger partial charge in [0.25, 0.3) is 0 Å². The van der Waals surface area contributed by atoms with Crippen molar-refractivity contribution in [3.8, 4) is 17.2 Å². The first-order valence-electron chi connectivity index (χ1n) is 11.8. The van der Waals surface area contributed by atoms with Gasteiger partial charge in [0.15, 0.2) is 0 Å². The molecule has 0 N–H and O–H groups in total. The summed E-state index contributed by atoms with van der Waals surface area (Å²) >= 11 is 6.88. The van der Waals surface area contributed by atoms with Crippen molar-refractivity contribution in [1.82, 2.24) is 9.88 Å². The van der Waals surface area contributed by atoms with Crippen LogP contribution in [0.15, 0.2) is 48.7 Å². The van der Waals surface area contributed by atoms with E-state index in [9.17, 15) is 0 Å². The number of nitriles is 1. The summed E-state index contributed by atoms with van der Waals surface area (Å²) in [6.07, 6.45) is 1.78. The summed E-state index contributed by atoms with van der Waals surface area (Å²) in [5.41, 5.74) is 4.11. The molecule has 3 heterocycles. The number of halogens is 2. The number of nitrogens with zero attached hydrogens (tertiary/aromatic N) is 4. The van der Waals surface area contributed by atoms with Crippen LogP contribution in [0.2, 0.25) is 5.02 Å². The SMILES string of the molecule is CC1CN(C2CCN(c3cnc4c(-c5ccc(C#N)cc5)cccc4c3Cl)CC2F)CC(C)O1. The molecule has 7 heteroatoms. The van der Waals surface area contributed by atoms with Gasteiger partial charge in [-0.15, -0.1) is 0 Å². The number of morpholine rings is 1. The molecule has 5 rings (SSSR count). The van der Waals surface area contributed by atoms with E-state index < -0.39 is 6.17 Å². The van der Waals surface area contributed by atoms with Crippen molar-refractivity contribution in [2.75, 3.05) is 31.1 Å². The average Bonchev–Trinajstić information content (AvgIpc) is 2.83. The Morgan fingerprint density at radius 2 is 1.82 bits per heavy atom. The molecule has 1 aromatic heterocycles. The highest BCUT2D eigenvalue weighted by molar-refractivity contribution is 6.38. The Bertz CT molecular complexity index is 1220. The van der Waals surface area contributed by atoms with Crippen molar-refractivity contribution in [3.63, 3.8) is 0 Å². The van der Waals surface area contributed by atoms with Crippen molar-refractivity contribution in [2.24, 2.45) is 0 Å². The number of aromatic nitrogens is 1. The van der Waals surface area contributed by atoms with Crippen LogP contribution in [-0.4, -0.2) is 60.5 Å². The number of pyridine rings is 1.